The zero-order chi connectivity index (χ0) is 37.7. The summed E-state index contributed by atoms with van der Waals surface area (Å²) in [6, 6.07) is 61.1. The topological polar surface area (TPSA) is 38.7 Å². The zero-order valence-corrected chi connectivity index (χ0v) is 39.8. The van der Waals surface area contributed by atoms with Crippen LogP contribution in [0.15, 0.2) is 170 Å². The number of pyridine rings is 3. The second-order valence-electron chi connectivity index (χ2n) is 13.4. The molecule has 3 heterocycles. The molecular weight excluding hydrogens is 1230 g/mol. The summed E-state index contributed by atoms with van der Waals surface area (Å²) in [7, 11) is 0. The molecule has 5 aromatic carbocycles. The average molecular weight is 1280 g/mol. The van der Waals surface area contributed by atoms with Crippen molar-refractivity contribution >= 4 is 0 Å². The van der Waals surface area contributed by atoms with E-state index >= 15 is 0 Å². The van der Waals surface area contributed by atoms with Crippen molar-refractivity contribution in [3.05, 3.63) is 211 Å². The van der Waals surface area contributed by atoms with Gasteiger partial charge in [0.15, 0.2) is 0 Å². The molecule has 0 fully saturated rings. The van der Waals surface area contributed by atoms with Gasteiger partial charge in [-0.2, -0.15) is 0 Å². The van der Waals surface area contributed by atoms with Crippen molar-refractivity contribution in [3.63, 3.8) is 0 Å². The van der Waals surface area contributed by atoms with Crippen LogP contribution >= 0.6 is 0 Å². The van der Waals surface area contributed by atoms with E-state index in [0.717, 1.165) is 33.8 Å². The van der Waals surface area contributed by atoms with E-state index in [1.165, 1.54) is 44.5 Å². The van der Waals surface area contributed by atoms with Gasteiger partial charge in [0.05, 0.1) is 0 Å². The molecule has 0 N–H and O–H groups in total. The molecule has 0 unspecified atom stereocenters. The first kappa shape index (κ1) is 46.9. The summed E-state index contributed by atoms with van der Waals surface area (Å²) in [4.78, 5) is 13.3. The molecule has 3 nitrogen and oxygen atoms in total. The monoisotopic (exact) mass is 1280 g/mol. The van der Waals surface area contributed by atoms with Crippen molar-refractivity contribution in [2.45, 2.75) is 40.5 Å². The molecule has 0 amide bonds. The second kappa shape index (κ2) is 23.7. The van der Waals surface area contributed by atoms with Crippen LogP contribution in [0.1, 0.15) is 42.0 Å². The smallest absolute Gasteiger partial charge is 0.0195 e. The van der Waals surface area contributed by atoms with Crippen molar-refractivity contribution in [2.24, 2.45) is 0 Å². The van der Waals surface area contributed by atoms with Gasteiger partial charge in [-0.25, -0.2) is 0 Å². The Balaban J connectivity index is 0.000000231. The summed E-state index contributed by atoms with van der Waals surface area (Å²) >= 11 is 0. The molecule has 0 bridgehead atoms. The van der Waals surface area contributed by atoms with Gasteiger partial charge in [-0.1, -0.05) is 109 Å². The van der Waals surface area contributed by atoms with Gasteiger partial charge in [0.2, 0.25) is 0 Å². The number of aryl methyl sites for hydroxylation is 2. The maximum atomic E-state index is 4.57. The molecule has 0 spiro atoms. The summed E-state index contributed by atoms with van der Waals surface area (Å²) < 4.78 is 0. The fraction of sp³-hybridized carbons (Fsp3) is 0.118. The van der Waals surface area contributed by atoms with Crippen LogP contribution < -0.4 is 0 Å². The van der Waals surface area contributed by atoms with Gasteiger partial charge in [-0.05, 0) is 72.6 Å². The third-order valence-electron chi connectivity index (χ3n) is 9.20. The molecule has 293 valence electrons. The number of nitrogens with zero attached hydrogens (tertiary/aromatic N) is 3. The summed E-state index contributed by atoms with van der Waals surface area (Å²) in [5.74, 6) is 0.506. The quantitative estimate of drug-likeness (QED) is 0.156. The molecule has 57 heavy (non-hydrogen) atoms. The standard InChI is InChI=1S/2C20H18N.C11H8N.3Ir/c1-14-7-9-17(10-8-14)18-5-4-6-19(13-18)20-16(3)15(2)11-12-21-20;1-15(2)19-11-12-20(21-14-19)18-10-6-9-17(13-18)16-7-4-3-5-8-16;1-2-6-10(7-3-1)11-8-4-5-9-12-11;;;/h4-5,7-13H,1-3H3;3-9,11-15H,1-2H3;1-6,8-9H;;;/q3*-1;;;. The molecule has 6 heteroatoms. The Morgan fingerprint density at radius 1 is 0.456 bits per heavy atom. The SMILES string of the molecule is CC(C)c1ccc(-c2[c-]ccc(-c3ccccc3)c2)nc1.Cc1ccc(-c2cc[c-]c(-c3nccc(C)c3C)c2)cc1.[Ir].[Ir].[Ir].[c-]1ccccc1-c1ccccn1. The first-order chi connectivity index (χ1) is 26.4. The van der Waals surface area contributed by atoms with Gasteiger partial charge >= 0.3 is 0 Å². The predicted molar refractivity (Wildman–Crippen MR) is 225 cm³/mol. The van der Waals surface area contributed by atoms with Gasteiger partial charge < -0.3 is 15.0 Å². The van der Waals surface area contributed by atoms with Crippen LogP contribution in [0.25, 0.3) is 56.0 Å². The van der Waals surface area contributed by atoms with E-state index in [1.54, 1.807) is 6.20 Å². The first-order valence-corrected chi connectivity index (χ1v) is 18.3. The Labute approximate surface area is 379 Å². The molecule has 0 aliphatic heterocycles. The Morgan fingerprint density at radius 3 is 1.68 bits per heavy atom. The van der Waals surface area contributed by atoms with E-state index < -0.39 is 0 Å². The van der Waals surface area contributed by atoms with Gasteiger partial charge in [0.25, 0.3) is 0 Å². The van der Waals surface area contributed by atoms with Crippen LogP contribution in [-0.4, -0.2) is 15.0 Å². The van der Waals surface area contributed by atoms with Crippen molar-refractivity contribution in [3.8, 4) is 56.0 Å². The number of aromatic nitrogens is 3. The minimum atomic E-state index is 0. The van der Waals surface area contributed by atoms with Gasteiger partial charge in [0.1, 0.15) is 0 Å². The molecule has 0 aliphatic rings. The molecule has 0 saturated carbocycles. The van der Waals surface area contributed by atoms with Crippen LogP contribution in [-0.2, 0) is 60.3 Å². The molecular formula is C51H44Ir3N3-3. The Morgan fingerprint density at radius 2 is 1.07 bits per heavy atom. The Bertz CT molecular complexity index is 2330. The second-order valence-corrected chi connectivity index (χ2v) is 13.4. The van der Waals surface area contributed by atoms with Gasteiger partial charge in [-0.15, -0.1) is 107 Å². The summed E-state index contributed by atoms with van der Waals surface area (Å²) in [6.07, 6.45) is 5.61. The van der Waals surface area contributed by atoms with Gasteiger partial charge in [-0.3, -0.25) is 0 Å². The van der Waals surface area contributed by atoms with Crippen LogP contribution in [0.3, 0.4) is 0 Å². The molecule has 8 rings (SSSR count). The van der Waals surface area contributed by atoms with Crippen molar-refractivity contribution in [2.75, 3.05) is 0 Å². The van der Waals surface area contributed by atoms with Crippen LogP contribution in [0.4, 0.5) is 0 Å². The van der Waals surface area contributed by atoms with Crippen LogP contribution in [0.5, 0.6) is 0 Å². The molecule has 8 aromatic rings. The summed E-state index contributed by atoms with van der Waals surface area (Å²) in [5.41, 5.74) is 15.9. The number of hydrogen-bond donors (Lipinski definition) is 0. The van der Waals surface area contributed by atoms with E-state index in [4.69, 9.17) is 0 Å². The van der Waals surface area contributed by atoms with E-state index in [1.807, 2.05) is 79.1 Å². The fourth-order valence-electron chi connectivity index (χ4n) is 5.84. The Hall–Kier alpha value is -4.50. The third kappa shape index (κ3) is 13.3. The molecule has 3 radical (unpaired) electrons. The van der Waals surface area contributed by atoms with Crippen molar-refractivity contribution < 1.29 is 60.3 Å². The van der Waals surface area contributed by atoms with Gasteiger partial charge in [0, 0.05) is 78.9 Å². The number of rotatable bonds is 6. The third-order valence-corrected chi connectivity index (χ3v) is 9.20. The van der Waals surface area contributed by atoms with Crippen LogP contribution in [0.2, 0.25) is 0 Å². The van der Waals surface area contributed by atoms with E-state index in [2.05, 4.69) is 153 Å². The first-order valence-electron chi connectivity index (χ1n) is 18.3. The van der Waals surface area contributed by atoms with Crippen molar-refractivity contribution in [1.29, 1.82) is 0 Å². The fourth-order valence-corrected chi connectivity index (χ4v) is 5.84. The maximum Gasteiger partial charge on any atom is 0.0195 e. The average Bonchev–Trinajstić information content (AvgIpc) is 3.24. The molecule has 0 atom stereocenters. The van der Waals surface area contributed by atoms with Crippen LogP contribution in [0, 0.1) is 39.0 Å². The predicted octanol–water partition coefficient (Wildman–Crippen LogP) is 13.0. The number of benzene rings is 5. The maximum absolute atomic E-state index is 4.57. The minimum Gasteiger partial charge on any atom is -0.305 e. The molecule has 3 aromatic heterocycles. The Kier molecular flexibility index (Phi) is 19.5. The normalized spacial score (nSPS) is 9.93. The zero-order valence-electron chi connectivity index (χ0n) is 32.6. The van der Waals surface area contributed by atoms with E-state index in [0.29, 0.717) is 5.92 Å². The van der Waals surface area contributed by atoms with Crippen molar-refractivity contribution in [1.82, 2.24) is 15.0 Å². The minimum absolute atomic E-state index is 0. The largest absolute Gasteiger partial charge is 0.305 e. The molecule has 0 aliphatic carbocycles. The number of hydrogen-bond acceptors (Lipinski definition) is 3. The molecule has 0 saturated heterocycles. The van der Waals surface area contributed by atoms with E-state index in [-0.39, 0.29) is 60.3 Å². The van der Waals surface area contributed by atoms with E-state index in [9.17, 15) is 0 Å². The summed E-state index contributed by atoms with van der Waals surface area (Å²) in [6.45, 7) is 10.7. The summed E-state index contributed by atoms with van der Waals surface area (Å²) in [5, 5.41) is 0.